The number of carbonyl (C=O) groups is 1. The van der Waals surface area contributed by atoms with Crippen LogP contribution in [-0.2, 0) is 16.0 Å². The van der Waals surface area contributed by atoms with Crippen molar-refractivity contribution in [1.29, 1.82) is 0 Å². The first kappa shape index (κ1) is 12.4. The van der Waals surface area contributed by atoms with Gasteiger partial charge in [-0.15, -0.1) is 0 Å². The predicted molar refractivity (Wildman–Crippen MR) is 71.1 cm³/mol. The summed E-state index contributed by atoms with van der Waals surface area (Å²) in [6, 6.07) is 19.9. The van der Waals surface area contributed by atoms with Crippen molar-refractivity contribution >= 4 is 5.97 Å². The van der Waals surface area contributed by atoms with Gasteiger partial charge < -0.3 is 4.74 Å². The molecule has 0 saturated carbocycles. The van der Waals surface area contributed by atoms with Crippen LogP contribution in [0.15, 0.2) is 60.7 Å². The van der Waals surface area contributed by atoms with E-state index in [1.165, 1.54) is 6.92 Å². The van der Waals surface area contributed by atoms with E-state index in [9.17, 15) is 4.79 Å². The van der Waals surface area contributed by atoms with Gasteiger partial charge in [0.05, 0.1) is 0 Å². The Morgan fingerprint density at radius 3 is 2.11 bits per heavy atom. The van der Waals surface area contributed by atoms with Crippen molar-refractivity contribution in [3.05, 3.63) is 71.8 Å². The summed E-state index contributed by atoms with van der Waals surface area (Å²) < 4.78 is 5.40. The smallest absolute Gasteiger partial charge is 0.303 e. The second kappa shape index (κ2) is 6.01. The standard InChI is InChI=1S/C16H16O2/c1-13(17)18-16(15-10-6-3-7-11-15)12-14-8-4-2-5-9-14/h2-11,16H,12H2,1H3/t16-/m1/s1. The van der Waals surface area contributed by atoms with Crippen LogP contribution < -0.4 is 0 Å². The van der Waals surface area contributed by atoms with Crippen LogP contribution in [0.1, 0.15) is 24.2 Å². The lowest BCUT2D eigenvalue weighted by atomic mass is 10.0. The minimum atomic E-state index is -0.250. The second-order valence-electron chi connectivity index (χ2n) is 4.20. The summed E-state index contributed by atoms with van der Waals surface area (Å²) in [7, 11) is 0. The molecule has 0 aliphatic rings. The third kappa shape index (κ3) is 3.45. The van der Waals surface area contributed by atoms with Crippen LogP contribution in [0.2, 0.25) is 0 Å². The van der Waals surface area contributed by atoms with Crippen molar-refractivity contribution < 1.29 is 9.53 Å². The molecule has 0 amide bonds. The first-order chi connectivity index (χ1) is 8.75. The van der Waals surface area contributed by atoms with E-state index in [1.807, 2.05) is 60.7 Å². The number of rotatable bonds is 4. The maximum atomic E-state index is 11.2. The molecule has 0 fully saturated rings. The van der Waals surface area contributed by atoms with Crippen LogP contribution in [0.4, 0.5) is 0 Å². The van der Waals surface area contributed by atoms with Gasteiger partial charge >= 0.3 is 5.97 Å². The Labute approximate surface area is 107 Å². The molecule has 0 radical (unpaired) electrons. The van der Waals surface area contributed by atoms with Gasteiger partial charge in [0.15, 0.2) is 0 Å². The van der Waals surface area contributed by atoms with Crippen molar-refractivity contribution in [2.45, 2.75) is 19.4 Å². The summed E-state index contributed by atoms with van der Waals surface area (Å²) >= 11 is 0. The predicted octanol–water partition coefficient (Wildman–Crippen LogP) is 3.53. The maximum absolute atomic E-state index is 11.2. The Bertz CT molecular complexity index is 491. The third-order valence-corrected chi connectivity index (χ3v) is 2.74. The van der Waals surface area contributed by atoms with Crippen molar-refractivity contribution in [3.8, 4) is 0 Å². The van der Waals surface area contributed by atoms with E-state index in [1.54, 1.807) is 0 Å². The summed E-state index contributed by atoms with van der Waals surface area (Å²) in [6.07, 6.45) is 0.482. The highest BCUT2D eigenvalue weighted by atomic mass is 16.5. The Morgan fingerprint density at radius 1 is 1.00 bits per heavy atom. The van der Waals surface area contributed by atoms with Crippen LogP contribution >= 0.6 is 0 Å². The molecule has 2 heteroatoms. The van der Waals surface area contributed by atoms with Crippen molar-refractivity contribution in [2.75, 3.05) is 0 Å². The minimum absolute atomic E-state index is 0.217. The third-order valence-electron chi connectivity index (χ3n) is 2.74. The van der Waals surface area contributed by atoms with Crippen LogP contribution in [-0.4, -0.2) is 5.97 Å². The molecule has 18 heavy (non-hydrogen) atoms. The molecule has 1 atom stereocenters. The fourth-order valence-electron chi connectivity index (χ4n) is 1.92. The van der Waals surface area contributed by atoms with Gasteiger partial charge in [-0.25, -0.2) is 0 Å². The number of ether oxygens (including phenoxy) is 1. The van der Waals surface area contributed by atoms with Gasteiger partial charge in [0, 0.05) is 13.3 Å². The van der Waals surface area contributed by atoms with Gasteiger partial charge in [0.1, 0.15) is 6.10 Å². The minimum Gasteiger partial charge on any atom is -0.457 e. The molecule has 0 N–H and O–H groups in total. The summed E-state index contributed by atoms with van der Waals surface area (Å²) in [6.45, 7) is 1.45. The van der Waals surface area contributed by atoms with Gasteiger partial charge in [-0.3, -0.25) is 4.79 Å². The molecule has 2 rings (SSSR count). The number of hydrogen-bond donors (Lipinski definition) is 0. The molecule has 0 aliphatic heterocycles. The van der Waals surface area contributed by atoms with Gasteiger partial charge in [0.2, 0.25) is 0 Å². The topological polar surface area (TPSA) is 26.3 Å². The first-order valence-corrected chi connectivity index (χ1v) is 6.02. The van der Waals surface area contributed by atoms with E-state index in [2.05, 4.69) is 0 Å². The molecule has 0 bridgehead atoms. The Hall–Kier alpha value is -2.09. The number of benzene rings is 2. The summed E-state index contributed by atoms with van der Waals surface area (Å²) in [5, 5.41) is 0. The monoisotopic (exact) mass is 240 g/mol. The molecule has 2 nitrogen and oxygen atoms in total. The largest absolute Gasteiger partial charge is 0.457 e. The molecule has 0 aromatic heterocycles. The Morgan fingerprint density at radius 2 is 1.56 bits per heavy atom. The van der Waals surface area contributed by atoms with Crippen LogP contribution in [0.3, 0.4) is 0 Å². The van der Waals surface area contributed by atoms with E-state index in [4.69, 9.17) is 4.74 Å². The van der Waals surface area contributed by atoms with E-state index in [0.29, 0.717) is 6.42 Å². The molecular weight excluding hydrogens is 224 g/mol. The number of esters is 1. The van der Waals surface area contributed by atoms with Crippen LogP contribution in [0.5, 0.6) is 0 Å². The summed E-state index contributed by atoms with van der Waals surface area (Å²) in [5.41, 5.74) is 2.18. The number of carbonyl (C=O) groups excluding carboxylic acids is 1. The van der Waals surface area contributed by atoms with E-state index in [-0.39, 0.29) is 12.1 Å². The lowest BCUT2D eigenvalue weighted by molar-refractivity contribution is -0.146. The molecule has 0 aliphatic carbocycles. The van der Waals surface area contributed by atoms with E-state index in [0.717, 1.165) is 11.1 Å². The van der Waals surface area contributed by atoms with Crippen molar-refractivity contribution in [1.82, 2.24) is 0 Å². The average Bonchev–Trinajstić information content (AvgIpc) is 2.40. The zero-order valence-corrected chi connectivity index (χ0v) is 10.4. The molecular formula is C16H16O2. The van der Waals surface area contributed by atoms with E-state index >= 15 is 0 Å². The molecule has 2 aromatic rings. The Kier molecular flexibility index (Phi) is 4.13. The van der Waals surface area contributed by atoms with Gasteiger partial charge in [-0.1, -0.05) is 60.7 Å². The summed E-state index contributed by atoms with van der Waals surface area (Å²) in [4.78, 5) is 11.2. The lowest BCUT2D eigenvalue weighted by Crippen LogP contribution is -2.11. The highest BCUT2D eigenvalue weighted by Gasteiger charge is 2.14. The van der Waals surface area contributed by atoms with Crippen molar-refractivity contribution in [3.63, 3.8) is 0 Å². The molecule has 0 unspecified atom stereocenters. The normalized spacial score (nSPS) is 11.8. The van der Waals surface area contributed by atoms with Gasteiger partial charge in [-0.05, 0) is 11.1 Å². The summed E-state index contributed by atoms with van der Waals surface area (Å²) in [5.74, 6) is -0.250. The quantitative estimate of drug-likeness (QED) is 0.764. The van der Waals surface area contributed by atoms with Gasteiger partial charge in [0.25, 0.3) is 0 Å². The molecule has 0 saturated heterocycles. The maximum Gasteiger partial charge on any atom is 0.303 e. The molecule has 0 heterocycles. The molecule has 0 spiro atoms. The fourth-order valence-corrected chi connectivity index (χ4v) is 1.92. The molecule has 92 valence electrons. The average molecular weight is 240 g/mol. The number of hydrogen-bond acceptors (Lipinski definition) is 2. The van der Waals surface area contributed by atoms with Gasteiger partial charge in [-0.2, -0.15) is 0 Å². The van der Waals surface area contributed by atoms with Crippen LogP contribution in [0.25, 0.3) is 0 Å². The zero-order valence-electron chi connectivity index (χ0n) is 10.4. The zero-order chi connectivity index (χ0) is 12.8. The van der Waals surface area contributed by atoms with Crippen molar-refractivity contribution in [2.24, 2.45) is 0 Å². The highest BCUT2D eigenvalue weighted by molar-refractivity contribution is 5.66. The fraction of sp³-hybridized carbons (Fsp3) is 0.188. The molecule has 2 aromatic carbocycles. The van der Waals surface area contributed by atoms with Crippen LogP contribution in [0, 0.1) is 0 Å². The first-order valence-electron chi connectivity index (χ1n) is 6.02. The Balaban J connectivity index is 2.18. The lowest BCUT2D eigenvalue weighted by Gasteiger charge is -2.17. The highest BCUT2D eigenvalue weighted by Crippen LogP contribution is 2.22. The second-order valence-corrected chi connectivity index (χ2v) is 4.20. The SMILES string of the molecule is CC(=O)O[C@H](Cc1ccccc1)c1ccccc1. The van der Waals surface area contributed by atoms with E-state index < -0.39 is 0 Å².